The fourth-order valence-electron chi connectivity index (χ4n) is 2.15. The van der Waals surface area contributed by atoms with Gasteiger partial charge in [0.05, 0.1) is 12.6 Å². The van der Waals surface area contributed by atoms with E-state index in [1.54, 1.807) is 0 Å². The third kappa shape index (κ3) is 3.37. The van der Waals surface area contributed by atoms with Gasteiger partial charge in [0.25, 0.3) is 0 Å². The van der Waals surface area contributed by atoms with Gasteiger partial charge in [-0.05, 0) is 48.7 Å². The molecule has 0 fully saturated rings. The van der Waals surface area contributed by atoms with Gasteiger partial charge in [0.15, 0.2) is 0 Å². The van der Waals surface area contributed by atoms with Crippen molar-refractivity contribution in [1.82, 2.24) is 0 Å². The van der Waals surface area contributed by atoms with E-state index in [-0.39, 0.29) is 12.6 Å². The minimum Gasteiger partial charge on any atom is -0.394 e. The summed E-state index contributed by atoms with van der Waals surface area (Å²) in [4.78, 5) is 0. The van der Waals surface area contributed by atoms with Crippen molar-refractivity contribution in [3.8, 4) is 0 Å². The Balaban J connectivity index is 2.28. The van der Waals surface area contributed by atoms with Crippen molar-refractivity contribution in [3.05, 3.63) is 63.6 Å². The highest BCUT2D eigenvalue weighted by Gasteiger charge is 2.13. The minimum absolute atomic E-state index is 0.0663. The summed E-state index contributed by atoms with van der Waals surface area (Å²) in [5.74, 6) is 0. The molecule has 0 aliphatic heterocycles. The maximum atomic E-state index is 9.65. The number of halogens is 1. The van der Waals surface area contributed by atoms with E-state index < -0.39 is 0 Å². The molecule has 0 bridgehead atoms. The van der Waals surface area contributed by atoms with Crippen molar-refractivity contribution in [2.45, 2.75) is 19.9 Å². The molecule has 1 atom stereocenters. The molecular formula is C16H18BrNO. The standard InChI is InChI=1S/C16H18BrNO/c1-11-5-3-8-15(12(11)2)16(10-19)18-14-7-4-6-13(17)9-14/h3-9,16,18-19H,10H2,1-2H3. The maximum absolute atomic E-state index is 9.65. The van der Waals surface area contributed by atoms with Crippen molar-refractivity contribution in [3.63, 3.8) is 0 Å². The maximum Gasteiger partial charge on any atom is 0.0747 e. The smallest absolute Gasteiger partial charge is 0.0747 e. The third-order valence-corrected chi connectivity index (χ3v) is 3.86. The Kier molecular flexibility index (Phi) is 4.61. The zero-order valence-corrected chi connectivity index (χ0v) is 12.7. The highest BCUT2D eigenvalue weighted by Crippen LogP contribution is 2.25. The van der Waals surface area contributed by atoms with E-state index >= 15 is 0 Å². The number of nitrogens with one attached hydrogen (secondary N) is 1. The first kappa shape index (κ1) is 14.1. The van der Waals surface area contributed by atoms with E-state index in [9.17, 15) is 5.11 Å². The van der Waals surface area contributed by atoms with Crippen LogP contribution in [-0.4, -0.2) is 11.7 Å². The molecule has 3 heteroatoms. The second-order valence-electron chi connectivity index (χ2n) is 4.68. The molecule has 2 N–H and O–H groups in total. The van der Waals surface area contributed by atoms with Crippen LogP contribution in [0.2, 0.25) is 0 Å². The van der Waals surface area contributed by atoms with Crippen LogP contribution in [0.5, 0.6) is 0 Å². The van der Waals surface area contributed by atoms with Crippen LogP contribution in [0.25, 0.3) is 0 Å². The Hall–Kier alpha value is -1.32. The molecule has 2 aromatic carbocycles. The van der Waals surface area contributed by atoms with E-state index in [1.807, 2.05) is 30.3 Å². The van der Waals surface area contributed by atoms with Crippen LogP contribution >= 0.6 is 15.9 Å². The number of rotatable bonds is 4. The average Bonchev–Trinajstić information content (AvgIpc) is 2.40. The van der Waals surface area contributed by atoms with Gasteiger partial charge in [-0.1, -0.05) is 40.2 Å². The molecule has 0 aromatic heterocycles. The summed E-state index contributed by atoms with van der Waals surface area (Å²) in [5, 5.41) is 13.0. The fourth-order valence-corrected chi connectivity index (χ4v) is 2.55. The van der Waals surface area contributed by atoms with Gasteiger partial charge in [-0.3, -0.25) is 0 Å². The highest BCUT2D eigenvalue weighted by atomic mass is 79.9. The van der Waals surface area contributed by atoms with E-state index in [1.165, 1.54) is 11.1 Å². The van der Waals surface area contributed by atoms with Crippen LogP contribution in [0, 0.1) is 13.8 Å². The topological polar surface area (TPSA) is 32.3 Å². The lowest BCUT2D eigenvalue weighted by molar-refractivity contribution is 0.276. The van der Waals surface area contributed by atoms with Crippen molar-refractivity contribution in [2.24, 2.45) is 0 Å². The first-order valence-electron chi connectivity index (χ1n) is 6.31. The molecule has 0 spiro atoms. The summed E-state index contributed by atoms with van der Waals surface area (Å²) in [7, 11) is 0. The summed E-state index contributed by atoms with van der Waals surface area (Å²) >= 11 is 3.45. The van der Waals surface area contributed by atoms with Gasteiger partial charge in [0.1, 0.15) is 0 Å². The Bertz CT molecular complexity index is 568. The lowest BCUT2D eigenvalue weighted by Crippen LogP contribution is -2.16. The largest absolute Gasteiger partial charge is 0.394 e. The van der Waals surface area contributed by atoms with Gasteiger partial charge >= 0.3 is 0 Å². The van der Waals surface area contributed by atoms with E-state index in [4.69, 9.17) is 0 Å². The molecular weight excluding hydrogens is 302 g/mol. The molecule has 100 valence electrons. The predicted octanol–water partition coefficient (Wildman–Crippen LogP) is 4.21. The SMILES string of the molecule is Cc1cccc(C(CO)Nc2cccc(Br)c2)c1C. The number of aryl methyl sites for hydroxylation is 1. The van der Waals surface area contributed by atoms with Crippen LogP contribution in [0.15, 0.2) is 46.9 Å². The average molecular weight is 320 g/mol. The van der Waals surface area contributed by atoms with Crippen molar-refractivity contribution in [1.29, 1.82) is 0 Å². The molecule has 1 unspecified atom stereocenters. The molecule has 2 aromatic rings. The molecule has 0 saturated carbocycles. The van der Waals surface area contributed by atoms with Gasteiger partial charge in [0, 0.05) is 10.2 Å². The fraction of sp³-hybridized carbons (Fsp3) is 0.250. The number of benzene rings is 2. The Morgan fingerprint density at radius 1 is 1.16 bits per heavy atom. The summed E-state index contributed by atoms with van der Waals surface area (Å²) in [6, 6.07) is 14.1. The second-order valence-corrected chi connectivity index (χ2v) is 5.59. The highest BCUT2D eigenvalue weighted by molar-refractivity contribution is 9.10. The number of anilines is 1. The monoisotopic (exact) mass is 319 g/mol. The molecule has 0 radical (unpaired) electrons. The molecule has 0 amide bonds. The zero-order valence-electron chi connectivity index (χ0n) is 11.2. The predicted molar refractivity (Wildman–Crippen MR) is 83.5 cm³/mol. The van der Waals surface area contributed by atoms with E-state index in [0.717, 1.165) is 15.7 Å². The van der Waals surface area contributed by atoms with Crippen LogP contribution < -0.4 is 5.32 Å². The van der Waals surface area contributed by atoms with E-state index in [0.29, 0.717) is 0 Å². The normalized spacial score (nSPS) is 12.2. The number of aliphatic hydroxyl groups is 1. The summed E-state index contributed by atoms with van der Waals surface area (Å²) in [6.45, 7) is 4.25. The Labute approximate surface area is 122 Å². The molecule has 2 rings (SSSR count). The van der Waals surface area contributed by atoms with Gasteiger partial charge < -0.3 is 10.4 Å². The quantitative estimate of drug-likeness (QED) is 0.884. The van der Waals surface area contributed by atoms with Gasteiger partial charge in [0.2, 0.25) is 0 Å². The van der Waals surface area contributed by atoms with Crippen LogP contribution in [0.4, 0.5) is 5.69 Å². The molecule has 0 aliphatic carbocycles. The molecule has 0 aliphatic rings. The lowest BCUT2D eigenvalue weighted by atomic mass is 9.97. The Morgan fingerprint density at radius 3 is 2.58 bits per heavy atom. The van der Waals surface area contributed by atoms with Crippen LogP contribution in [0.1, 0.15) is 22.7 Å². The Morgan fingerprint density at radius 2 is 1.89 bits per heavy atom. The zero-order chi connectivity index (χ0) is 13.8. The third-order valence-electron chi connectivity index (χ3n) is 3.37. The molecule has 0 heterocycles. The minimum atomic E-state index is -0.0887. The molecule has 19 heavy (non-hydrogen) atoms. The van der Waals surface area contributed by atoms with Gasteiger partial charge in [-0.15, -0.1) is 0 Å². The molecule has 0 saturated heterocycles. The van der Waals surface area contributed by atoms with Crippen LogP contribution in [0.3, 0.4) is 0 Å². The van der Waals surface area contributed by atoms with E-state index in [2.05, 4.69) is 47.2 Å². The first-order valence-corrected chi connectivity index (χ1v) is 7.10. The summed E-state index contributed by atoms with van der Waals surface area (Å²) in [6.07, 6.45) is 0. The van der Waals surface area contributed by atoms with Crippen LogP contribution in [-0.2, 0) is 0 Å². The number of hydrogen-bond acceptors (Lipinski definition) is 2. The number of hydrogen-bond donors (Lipinski definition) is 2. The summed E-state index contributed by atoms with van der Waals surface area (Å²) in [5.41, 5.74) is 4.60. The molecule has 2 nitrogen and oxygen atoms in total. The summed E-state index contributed by atoms with van der Waals surface area (Å²) < 4.78 is 1.02. The lowest BCUT2D eigenvalue weighted by Gasteiger charge is -2.21. The van der Waals surface area contributed by atoms with Crippen molar-refractivity contribution < 1.29 is 5.11 Å². The van der Waals surface area contributed by atoms with Crippen molar-refractivity contribution >= 4 is 21.6 Å². The van der Waals surface area contributed by atoms with Gasteiger partial charge in [-0.2, -0.15) is 0 Å². The van der Waals surface area contributed by atoms with Gasteiger partial charge in [-0.25, -0.2) is 0 Å². The first-order chi connectivity index (χ1) is 9.11. The number of aliphatic hydroxyl groups excluding tert-OH is 1. The second kappa shape index (κ2) is 6.22. The van der Waals surface area contributed by atoms with Crippen molar-refractivity contribution in [2.75, 3.05) is 11.9 Å².